The van der Waals surface area contributed by atoms with E-state index in [0.29, 0.717) is 23.8 Å². The molecule has 0 fully saturated rings. The predicted octanol–water partition coefficient (Wildman–Crippen LogP) is 6.03. The van der Waals surface area contributed by atoms with Crippen LogP contribution in [0.5, 0.6) is 5.75 Å². The molecule has 0 aliphatic heterocycles. The number of nitrogens with zero attached hydrogens (tertiary/aromatic N) is 3. The third-order valence-electron chi connectivity index (χ3n) is 5.02. The van der Waals surface area contributed by atoms with Crippen LogP contribution in [0.4, 0.5) is 5.13 Å². The van der Waals surface area contributed by atoms with E-state index < -0.39 is 0 Å². The van der Waals surface area contributed by atoms with Gasteiger partial charge in [0.25, 0.3) is 5.91 Å². The number of anilines is 1. The predicted molar refractivity (Wildman–Crippen MR) is 126 cm³/mol. The molecule has 1 amide bonds. The number of unbranched alkanes of at least 4 members (excludes halogenated alkanes) is 1. The quantitative estimate of drug-likeness (QED) is 0.320. The Bertz CT molecular complexity index is 1160. The van der Waals surface area contributed by atoms with Crippen molar-refractivity contribution in [2.75, 3.05) is 11.5 Å². The van der Waals surface area contributed by atoms with Gasteiger partial charge in [0.1, 0.15) is 5.75 Å². The summed E-state index contributed by atoms with van der Waals surface area (Å²) in [4.78, 5) is 24.2. The van der Waals surface area contributed by atoms with Crippen molar-refractivity contribution in [3.05, 3.63) is 83.7 Å². The van der Waals surface area contributed by atoms with Gasteiger partial charge in [-0.3, -0.25) is 14.7 Å². The highest BCUT2D eigenvalue weighted by atomic mass is 32.1. The first-order valence-corrected chi connectivity index (χ1v) is 11.3. The molecule has 0 aliphatic rings. The van der Waals surface area contributed by atoms with Gasteiger partial charge in [-0.05, 0) is 60.9 Å². The number of amides is 1. The Balaban J connectivity index is 1.64. The molecule has 0 aliphatic carbocycles. The van der Waals surface area contributed by atoms with Gasteiger partial charge >= 0.3 is 0 Å². The molecular weight excluding hydrogens is 406 g/mol. The Labute approximate surface area is 186 Å². The van der Waals surface area contributed by atoms with Crippen molar-refractivity contribution >= 4 is 32.6 Å². The minimum Gasteiger partial charge on any atom is -0.494 e. The minimum absolute atomic E-state index is 0.0966. The molecule has 0 unspecified atom stereocenters. The number of aromatic nitrogens is 2. The van der Waals surface area contributed by atoms with E-state index in [-0.39, 0.29) is 5.91 Å². The lowest BCUT2D eigenvalue weighted by Gasteiger charge is -2.20. The highest BCUT2D eigenvalue weighted by molar-refractivity contribution is 7.22. The Morgan fingerprint density at radius 3 is 2.65 bits per heavy atom. The molecule has 0 N–H and O–H groups in total. The number of hydrogen-bond acceptors (Lipinski definition) is 5. The van der Waals surface area contributed by atoms with Crippen LogP contribution >= 0.6 is 11.3 Å². The molecule has 4 aromatic rings. The van der Waals surface area contributed by atoms with Crippen molar-refractivity contribution in [2.24, 2.45) is 0 Å². The van der Waals surface area contributed by atoms with Crippen LogP contribution < -0.4 is 9.64 Å². The summed E-state index contributed by atoms with van der Waals surface area (Å²) in [5, 5.41) is 0.682. The molecule has 2 heterocycles. The molecule has 158 valence electrons. The number of ether oxygens (including phenoxy) is 1. The molecule has 0 spiro atoms. The number of aryl methyl sites for hydroxylation is 1. The third-order valence-corrected chi connectivity index (χ3v) is 6.06. The molecule has 4 rings (SSSR count). The van der Waals surface area contributed by atoms with Crippen molar-refractivity contribution in [3.63, 3.8) is 0 Å². The molecular formula is C25H25N3O2S. The Kier molecular flexibility index (Phi) is 6.57. The van der Waals surface area contributed by atoms with E-state index in [4.69, 9.17) is 9.72 Å². The molecule has 0 atom stereocenters. The molecule has 0 radical (unpaired) electrons. The molecule has 2 aromatic heterocycles. The standard InChI is InChI=1S/C25H25N3O2S/c1-3-4-15-30-21-12-10-20(11-13-21)24(29)28(17-19-8-6-14-26-16-19)25-27-23-18(2)7-5-9-22(23)31-25/h5-14,16H,3-4,15,17H2,1-2H3. The van der Waals surface area contributed by atoms with E-state index in [1.807, 2.05) is 61.5 Å². The number of thiazole rings is 1. The van der Waals surface area contributed by atoms with Crippen molar-refractivity contribution in [3.8, 4) is 5.75 Å². The number of pyridine rings is 1. The molecule has 6 heteroatoms. The summed E-state index contributed by atoms with van der Waals surface area (Å²) in [5.41, 5.74) is 3.59. The minimum atomic E-state index is -0.0966. The van der Waals surface area contributed by atoms with Gasteiger partial charge in [0.15, 0.2) is 5.13 Å². The van der Waals surface area contributed by atoms with Crippen LogP contribution in [0.2, 0.25) is 0 Å². The first-order valence-electron chi connectivity index (χ1n) is 10.5. The van der Waals surface area contributed by atoms with Crippen LogP contribution in [0.3, 0.4) is 0 Å². The zero-order chi connectivity index (χ0) is 21.6. The van der Waals surface area contributed by atoms with Gasteiger partial charge in [-0.2, -0.15) is 0 Å². The monoisotopic (exact) mass is 431 g/mol. The number of carbonyl (C=O) groups is 1. The summed E-state index contributed by atoms with van der Waals surface area (Å²) in [6.45, 7) is 5.25. The molecule has 0 bridgehead atoms. The van der Waals surface area contributed by atoms with Crippen LogP contribution in [-0.4, -0.2) is 22.5 Å². The van der Waals surface area contributed by atoms with Crippen molar-refractivity contribution in [2.45, 2.75) is 33.2 Å². The largest absolute Gasteiger partial charge is 0.494 e. The molecule has 0 saturated heterocycles. The maximum atomic E-state index is 13.5. The van der Waals surface area contributed by atoms with E-state index in [9.17, 15) is 4.79 Å². The average molecular weight is 432 g/mol. The number of hydrogen-bond donors (Lipinski definition) is 0. The zero-order valence-corrected chi connectivity index (χ0v) is 18.6. The number of carbonyl (C=O) groups excluding carboxylic acids is 1. The molecule has 0 saturated carbocycles. The van der Waals surface area contributed by atoms with Gasteiger partial charge in [0.05, 0.1) is 23.4 Å². The topological polar surface area (TPSA) is 55.3 Å². The van der Waals surface area contributed by atoms with Gasteiger partial charge in [0, 0.05) is 18.0 Å². The SMILES string of the molecule is CCCCOc1ccc(C(=O)N(Cc2cccnc2)c2nc3c(C)cccc3s2)cc1. The first-order chi connectivity index (χ1) is 15.2. The van der Waals surface area contributed by atoms with Crippen LogP contribution in [0.25, 0.3) is 10.2 Å². The fourth-order valence-electron chi connectivity index (χ4n) is 3.27. The molecule has 5 nitrogen and oxygen atoms in total. The number of para-hydroxylation sites is 1. The van der Waals surface area contributed by atoms with Crippen molar-refractivity contribution in [1.82, 2.24) is 9.97 Å². The highest BCUT2D eigenvalue weighted by Gasteiger charge is 2.22. The molecule has 2 aromatic carbocycles. The maximum Gasteiger partial charge on any atom is 0.260 e. The summed E-state index contributed by atoms with van der Waals surface area (Å²) in [5.74, 6) is 0.681. The van der Waals surface area contributed by atoms with Crippen LogP contribution in [-0.2, 0) is 6.54 Å². The second-order valence-electron chi connectivity index (χ2n) is 7.40. The Morgan fingerprint density at radius 2 is 1.94 bits per heavy atom. The summed E-state index contributed by atoms with van der Waals surface area (Å²) < 4.78 is 6.80. The van der Waals surface area contributed by atoms with E-state index >= 15 is 0 Å². The average Bonchev–Trinajstić information content (AvgIpc) is 3.24. The van der Waals surface area contributed by atoms with Gasteiger partial charge in [-0.15, -0.1) is 0 Å². The lowest BCUT2D eigenvalue weighted by molar-refractivity contribution is 0.0985. The van der Waals surface area contributed by atoms with E-state index in [0.717, 1.165) is 39.9 Å². The smallest absolute Gasteiger partial charge is 0.260 e. The number of rotatable bonds is 8. The van der Waals surface area contributed by atoms with Crippen LogP contribution in [0.1, 0.15) is 41.3 Å². The highest BCUT2D eigenvalue weighted by Crippen LogP contribution is 2.32. The van der Waals surface area contributed by atoms with E-state index in [1.54, 1.807) is 17.3 Å². The number of benzene rings is 2. The fourth-order valence-corrected chi connectivity index (χ4v) is 4.32. The summed E-state index contributed by atoms with van der Waals surface area (Å²) in [7, 11) is 0. The van der Waals surface area contributed by atoms with Crippen molar-refractivity contribution < 1.29 is 9.53 Å². The van der Waals surface area contributed by atoms with Gasteiger partial charge in [0.2, 0.25) is 0 Å². The lowest BCUT2D eigenvalue weighted by Crippen LogP contribution is -2.30. The summed E-state index contributed by atoms with van der Waals surface area (Å²) in [6.07, 6.45) is 5.61. The van der Waals surface area contributed by atoms with Crippen LogP contribution in [0, 0.1) is 6.92 Å². The summed E-state index contributed by atoms with van der Waals surface area (Å²) >= 11 is 1.53. The van der Waals surface area contributed by atoms with Gasteiger partial charge in [-0.1, -0.05) is 42.9 Å². The summed E-state index contributed by atoms with van der Waals surface area (Å²) in [6, 6.07) is 17.3. The lowest BCUT2D eigenvalue weighted by atomic mass is 10.1. The van der Waals surface area contributed by atoms with E-state index in [2.05, 4.69) is 11.9 Å². The zero-order valence-electron chi connectivity index (χ0n) is 17.7. The van der Waals surface area contributed by atoms with Gasteiger partial charge < -0.3 is 4.74 Å². The Hall–Kier alpha value is -3.25. The first kappa shape index (κ1) is 21.0. The Morgan fingerprint density at radius 1 is 1.10 bits per heavy atom. The number of fused-ring (bicyclic) bond motifs is 1. The normalized spacial score (nSPS) is 10.9. The second kappa shape index (κ2) is 9.71. The van der Waals surface area contributed by atoms with Crippen molar-refractivity contribution in [1.29, 1.82) is 0 Å². The van der Waals surface area contributed by atoms with Crippen LogP contribution in [0.15, 0.2) is 67.0 Å². The maximum absolute atomic E-state index is 13.5. The third kappa shape index (κ3) is 4.91. The second-order valence-corrected chi connectivity index (χ2v) is 8.41. The fraction of sp³-hybridized carbons (Fsp3) is 0.240. The molecule has 31 heavy (non-hydrogen) atoms. The van der Waals surface area contributed by atoms with Gasteiger partial charge in [-0.25, -0.2) is 4.98 Å². The van der Waals surface area contributed by atoms with E-state index in [1.165, 1.54) is 11.3 Å².